The van der Waals surface area contributed by atoms with Gasteiger partial charge in [-0.1, -0.05) is 0 Å². The molecule has 0 bridgehead atoms. The first-order valence-corrected chi connectivity index (χ1v) is 8.94. The van der Waals surface area contributed by atoms with Crippen LogP contribution in [0.4, 0.5) is 0 Å². The Morgan fingerprint density at radius 3 is 2.65 bits per heavy atom. The highest BCUT2D eigenvalue weighted by atomic mass is 16.5. The van der Waals surface area contributed by atoms with E-state index in [1.165, 1.54) is 18.4 Å². The van der Waals surface area contributed by atoms with Crippen LogP contribution >= 0.6 is 0 Å². The molecule has 3 fully saturated rings. The highest BCUT2D eigenvalue weighted by molar-refractivity contribution is 5.56. The minimum absolute atomic E-state index is 0.303. The third-order valence-electron chi connectivity index (χ3n) is 6.09. The van der Waals surface area contributed by atoms with Crippen molar-refractivity contribution in [2.24, 2.45) is 11.3 Å². The topological polar surface area (TPSA) is 42.4 Å². The molecule has 0 unspecified atom stereocenters. The largest absolute Gasteiger partial charge is 0.474 e. The number of carbonyl (C=O) groups is 1. The average Bonchev–Trinajstić information content (AvgIpc) is 2.46. The maximum atomic E-state index is 10.8. The Labute approximate surface area is 138 Å². The minimum Gasteiger partial charge on any atom is -0.474 e. The molecule has 4 rings (SSSR count). The van der Waals surface area contributed by atoms with E-state index in [9.17, 15) is 4.79 Å². The summed E-state index contributed by atoms with van der Waals surface area (Å²) in [4.78, 5) is 17.7. The number of likely N-dealkylation sites (tertiary alicyclic amines) is 1. The van der Waals surface area contributed by atoms with Crippen LogP contribution in [0.5, 0.6) is 5.88 Å². The van der Waals surface area contributed by atoms with Gasteiger partial charge in [0.15, 0.2) is 0 Å². The lowest BCUT2D eigenvalue weighted by molar-refractivity contribution is -0.130. The van der Waals surface area contributed by atoms with Gasteiger partial charge in [0.25, 0.3) is 0 Å². The van der Waals surface area contributed by atoms with Gasteiger partial charge in [-0.2, -0.15) is 0 Å². The van der Waals surface area contributed by atoms with Crippen molar-refractivity contribution in [3.05, 3.63) is 23.9 Å². The van der Waals surface area contributed by atoms with Crippen molar-refractivity contribution in [1.82, 2.24) is 9.88 Å². The Bertz CT molecular complexity index is 566. The smallest absolute Gasteiger partial charge is 0.213 e. The third kappa shape index (κ3) is 3.01. The summed E-state index contributed by atoms with van der Waals surface area (Å²) in [6.07, 6.45) is 10.4. The zero-order valence-corrected chi connectivity index (χ0v) is 13.9. The molecule has 1 aromatic rings. The maximum absolute atomic E-state index is 10.8. The first kappa shape index (κ1) is 15.1. The molecule has 2 saturated carbocycles. The van der Waals surface area contributed by atoms with Crippen molar-refractivity contribution in [2.75, 3.05) is 13.1 Å². The number of carbonyl (C=O) groups excluding carboxylic acids is 1. The molecule has 1 aromatic heterocycles. The van der Waals surface area contributed by atoms with Crippen LogP contribution in [0.25, 0.3) is 0 Å². The van der Waals surface area contributed by atoms with E-state index in [-0.39, 0.29) is 0 Å². The molecule has 1 spiro atoms. The second kappa shape index (κ2) is 5.90. The fourth-order valence-electron chi connectivity index (χ4n) is 4.78. The second-order valence-electron chi connectivity index (χ2n) is 7.89. The molecular weight excluding hydrogens is 288 g/mol. The Hall–Kier alpha value is -1.42. The summed E-state index contributed by atoms with van der Waals surface area (Å²) in [5.41, 5.74) is 1.73. The third-order valence-corrected chi connectivity index (χ3v) is 6.09. The van der Waals surface area contributed by atoms with Crippen molar-refractivity contribution >= 4 is 6.29 Å². The van der Waals surface area contributed by atoms with Crippen molar-refractivity contribution in [1.29, 1.82) is 0 Å². The standard InChI is InChI=1S/C19H26N2O2/c1-14-2-5-20-18(8-14)23-17-3-6-21(7-4-17)16-11-19(12-16)9-15(10-19)13-22/h2,5,8,13,15-17H,3-4,6-7,9-12H2,1H3. The second-order valence-corrected chi connectivity index (χ2v) is 7.89. The van der Waals surface area contributed by atoms with E-state index < -0.39 is 0 Å². The lowest BCUT2D eigenvalue weighted by atomic mass is 9.50. The number of ether oxygens (including phenoxy) is 1. The van der Waals surface area contributed by atoms with E-state index in [2.05, 4.69) is 16.8 Å². The zero-order valence-electron chi connectivity index (χ0n) is 13.9. The minimum atomic E-state index is 0.303. The first-order chi connectivity index (χ1) is 11.2. The lowest BCUT2D eigenvalue weighted by Gasteiger charge is -2.59. The van der Waals surface area contributed by atoms with Crippen molar-refractivity contribution in [3.63, 3.8) is 0 Å². The number of hydrogen-bond donors (Lipinski definition) is 0. The molecule has 23 heavy (non-hydrogen) atoms. The van der Waals surface area contributed by atoms with Gasteiger partial charge in [0.05, 0.1) is 0 Å². The molecule has 4 nitrogen and oxygen atoms in total. The fourth-order valence-corrected chi connectivity index (χ4v) is 4.78. The number of pyridine rings is 1. The summed E-state index contributed by atoms with van der Waals surface area (Å²) < 4.78 is 6.04. The molecule has 0 aromatic carbocycles. The van der Waals surface area contributed by atoms with Gasteiger partial charge in [-0.25, -0.2) is 4.98 Å². The molecule has 2 aliphatic carbocycles. The SMILES string of the molecule is Cc1ccnc(OC2CCN(C3CC4(CC(C=O)C4)C3)CC2)c1. The molecule has 0 amide bonds. The molecule has 2 heterocycles. The lowest BCUT2D eigenvalue weighted by Crippen LogP contribution is -2.58. The molecule has 4 heteroatoms. The maximum Gasteiger partial charge on any atom is 0.213 e. The Morgan fingerprint density at radius 2 is 2.00 bits per heavy atom. The van der Waals surface area contributed by atoms with Gasteiger partial charge >= 0.3 is 0 Å². The van der Waals surface area contributed by atoms with Crippen LogP contribution in [0.15, 0.2) is 18.3 Å². The highest BCUT2D eigenvalue weighted by Crippen LogP contribution is 2.59. The number of aryl methyl sites for hydroxylation is 1. The predicted octanol–water partition coefficient (Wildman–Crippen LogP) is 2.99. The van der Waals surface area contributed by atoms with Crippen LogP contribution in [0, 0.1) is 18.3 Å². The number of aldehydes is 1. The van der Waals surface area contributed by atoms with Crippen LogP contribution < -0.4 is 4.74 Å². The quantitative estimate of drug-likeness (QED) is 0.801. The number of aromatic nitrogens is 1. The van der Waals surface area contributed by atoms with Crippen LogP contribution in [0.1, 0.15) is 44.1 Å². The number of rotatable bonds is 4. The summed E-state index contributed by atoms with van der Waals surface area (Å²) in [6, 6.07) is 4.76. The Kier molecular flexibility index (Phi) is 3.88. The first-order valence-electron chi connectivity index (χ1n) is 8.94. The summed E-state index contributed by atoms with van der Waals surface area (Å²) in [6.45, 7) is 4.34. The summed E-state index contributed by atoms with van der Waals surface area (Å²) in [5, 5.41) is 0. The van der Waals surface area contributed by atoms with E-state index in [1.54, 1.807) is 0 Å². The van der Waals surface area contributed by atoms with Crippen molar-refractivity contribution in [2.45, 2.75) is 57.6 Å². The molecule has 0 radical (unpaired) electrons. The van der Waals surface area contributed by atoms with Gasteiger partial charge in [-0.15, -0.1) is 0 Å². The van der Waals surface area contributed by atoms with Gasteiger partial charge < -0.3 is 14.4 Å². The van der Waals surface area contributed by atoms with Gasteiger partial charge in [-0.05, 0) is 62.5 Å². The molecule has 3 aliphatic rings. The molecule has 0 N–H and O–H groups in total. The van der Waals surface area contributed by atoms with Crippen LogP contribution in [0.2, 0.25) is 0 Å². The van der Waals surface area contributed by atoms with Crippen LogP contribution in [0.3, 0.4) is 0 Å². The Morgan fingerprint density at radius 1 is 1.26 bits per heavy atom. The van der Waals surface area contributed by atoms with Gasteiger partial charge in [0, 0.05) is 37.3 Å². The molecular formula is C19H26N2O2. The summed E-state index contributed by atoms with van der Waals surface area (Å²) in [5.74, 6) is 1.12. The van der Waals surface area contributed by atoms with E-state index in [4.69, 9.17) is 4.74 Å². The van der Waals surface area contributed by atoms with Crippen molar-refractivity contribution in [3.8, 4) is 5.88 Å². The zero-order chi connectivity index (χ0) is 15.9. The summed E-state index contributed by atoms with van der Waals surface area (Å²) >= 11 is 0. The molecule has 0 atom stereocenters. The highest BCUT2D eigenvalue weighted by Gasteiger charge is 2.54. The molecule has 1 aliphatic heterocycles. The van der Waals surface area contributed by atoms with E-state index in [1.807, 2.05) is 18.3 Å². The van der Waals surface area contributed by atoms with E-state index >= 15 is 0 Å². The van der Waals surface area contributed by atoms with E-state index in [0.717, 1.165) is 57.0 Å². The Balaban J connectivity index is 1.22. The number of hydrogen-bond acceptors (Lipinski definition) is 4. The number of piperidine rings is 1. The summed E-state index contributed by atoms with van der Waals surface area (Å²) in [7, 11) is 0. The van der Waals surface area contributed by atoms with Crippen LogP contribution in [-0.2, 0) is 4.79 Å². The van der Waals surface area contributed by atoms with Gasteiger partial charge in [0.1, 0.15) is 12.4 Å². The monoisotopic (exact) mass is 314 g/mol. The van der Waals surface area contributed by atoms with Gasteiger partial charge in [-0.3, -0.25) is 0 Å². The van der Waals surface area contributed by atoms with Gasteiger partial charge in [0.2, 0.25) is 5.88 Å². The normalized spacial score (nSPS) is 34.7. The molecule has 1 saturated heterocycles. The average molecular weight is 314 g/mol. The molecule has 124 valence electrons. The predicted molar refractivity (Wildman–Crippen MR) is 88.4 cm³/mol. The van der Waals surface area contributed by atoms with Crippen LogP contribution in [-0.4, -0.2) is 41.4 Å². The van der Waals surface area contributed by atoms with E-state index in [0.29, 0.717) is 17.4 Å². The van der Waals surface area contributed by atoms with Crippen molar-refractivity contribution < 1.29 is 9.53 Å². The number of nitrogens with zero attached hydrogens (tertiary/aromatic N) is 2. The fraction of sp³-hybridized carbons (Fsp3) is 0.684.